The zero-order valence-electron chi connectivity index (χ0n) is 14.0. The largest absolute Gasteiger partial charge is 0.451 e. The van der Waals surface area contributed by atoms with Crippen LogP contribution in [0.25, 0.3) is 11.3 Å². The number of carbonyl (C=O) groups excluding carboxylic acids is 1. The van der Waals surface area contributed by atoms with Crippen molar-refractivity contribution in [3.63, 3.8) is 0 Å². The Labute approximate surface area is 149 Å². The highest BCUT2D eigenvalue weighted by atomic mass is 19.1. The van der Waals surface area contributed by atoms with Crippen LogP contribution in [-0.4, -0.2) is 28.4 Å². The summed E-state index contributed by atoms with van der Waals surface area (Å²) in [5, 5.41) is 7.00. The van der Waals surface area contributed by atoms with Crippen LogP contribution in [0.5, 0.6) is 0 Å². The third-order valence-electron chi connectivity index (χ3n) is 4.26. The molecule has 1 aliphatic rings. The molecule has 0 bridgehead atoms. The number of amides is 1. The van der Waals surface area contributed by atoms with Crippen molar-refractivity contribution >= 4 is 11.6 Å². The molecule has 3 heterocycles. The minimum absolute atomic E-state index is 0.177. The molecule has 1 aromatic carbocycles. The van der Waals surface area contributed by atoms with E-state index in [0.29, 0.717) is 23.6 Å². The van der Waals surface area contributed by atoms with Gasteiger partial charge >= 0.3 is 0 Å². The van der Waals surface area contributed by atoms with Crippen LogP contribution in [0.4, 0.5) is 10.1 Å². The Bertz CT molecular complexity index is 895. The van der Waals surface area contributed by atoms with Gasteiger partial charge in [0.15, 0.2) is 5.76 Å². The SMILES string of the molecule is O=C(Nc1cnn(C[C@H]2CCCO2)c1)c1ccc(-c2ccc(F)cc2)o1. The predicted molar refractivity (Wildman–Crippen MR) is 93.3 cm³/mol. The van der Waals surface area contributed by atoms with Crippen LogP contribution in [0.2, 0.25) is 0 Å². The van der Waals surface area contributed by atoms with Gasteiger partial charge in [-0.3, -0.25) is 9.48 Å². The van der Waals surface area contributed by atoms with E-state index in [9.17, 15) is 9.18 Å². The summed E-state index contributed by atoms with van der Waals surface area (Å²) in [5.41, 5.74) is 1.29. The molecule has 0 radical (unpaired) electrons. The molecule has 1 aliphatic heterocycles. The number of benzene rings is 1. The quantitative estimate of drug-likeness (QED) is 0.757. The molecule has 0 aliphatic carbocycles. The van der Waals surface area contributed by atoms with E-state index < -0.39 is 0 Å². The van der Waals surface area contributed by atoms with Gasteiger partial charge in [0.05, 0.1) is 24.5 Å². The van der Waals surface area contributed by atoms with Crippen molar-refractivity contribution in [1.82, 2.24) is 9.78 Å². The maximum Gasteiger partial charge on any atom is 0.291 e. The number of nitrogens with one attached hydrogen (secondary N) is 1. The number of nitrogens with zero attached hydrogens (tertiary/aromatic N) is 2. The number of hydrogen-bond donors (Lipinski definition) is 1. The van der Waals surface area contributed by atoms with Crippen LogP contribution in [0.3, 0.4) is 0 Å². The molecule has 0 spiro atoms. The Morgan fingerprint density at radius 1 is 1.27 bits per heavy atom. The van der Waals surface area contributed by atoms with Gasteiger partial charge < -0.3 is 14.5 Å². The Morgan fingerprint density at radius 2 is 2.12 bits per heavy atom. The van der Waals surface area contributed by atoms with Crippen molar-refractivity contribution in [3.05, 3.63) is 60.4 Å². The molecule has 3 aromatic rings. The summed E-state index contributed by atoms with van der Waals surface area (Å²) in [6.07, 6.45) is 5.65. The van der Waals surface area contributed by atoms with E-state index in [0.717, 1.165) is 19.4 Å². The van der Waals surface area contributed by atoms with E-state index in [2.05, 4.69) is 10.4 Å². The molecule has 1 fully saturated rings. The van der Waals surface area contributed by atoms with Crippen molar-refractivity contribution in [2.75, 3.05) is 11.9 Å². The summed E-state index contributed by atoms with van der Waals surface area (Å²) >= 11 is 0. The molecular weight excluding hydrogens is 337 g/mol. The summed E-state index contributed by atoms with van der Waals surface area (Å²) < 4.78 is 25.9. The van der Waals surface area contributed by atoms with Crippen molar-refractivity contribution in [1.29, 1.82) is 0 Å². The van der Waals surface area contributed by atoms with Gasteiger partial charge in [-0.25, -0.2) is 4.39 Å². The zero-order valence-corrected chi connectivity index (χ0v) is 14.0. The number of aromatic nitrogens is 2. The Morgan fingerprint density at radius 3 is 2.88 bits per heavy atom. The van der Waals surface area contributed by atoms with Crippen LogP contribution in [-0.2, 0) is 11.3 Å². The summed E-state index contributed by atoms with van der Waals surface area (Å²) in [6.45, 7) is 1.47. The molecule has 134 valence electrons. The third-order valence-corrected chi connectivity index (χ3v) is 4.26. The fourth-order valence-corrected chi connectivity index (χ4v) is 2.95. The fourth-order valence-electron chi connectivity index (χ4n) is 2.95. The van der Waals surface area contributed by atoms with Crippen LogP contribution in [0, 0.1) is 5.82 Å². The molecule has 7 heteroatoms. The Balaban J connectivity index is 1.40. The first-order valence-electron chi connectivity index (χ1n) is 8.48. The van der Waals surface area contributed by atoms with Crippen molar-refractivity contribution in [2.24, 2.45) is 0 Å². The predicted octanol–water partition coefficient (Wildman–Crippen LogP) is 3.71. The molecule has 1 atom stereocenters. The van der Waals surface area contributed by atoms with Crippen LogP contribution in [0.15, 0.2) is 53.2 Å². The first-order valence-corrected chi connectivity index (χ1v) is 8.48. The maximum absolute atomic E-state index is 13.0. The molecule has 26 heavy (non-hydrogen) atoms. The van der Waals surface area contributed by atoms with Crippen molar-refractivity contribution in [3.8, 4) is 11.3 Å². The molecule has 4 rings (SSSR count). The summed E-state index contributed by atoms with van der Waals surface area (Å²) in [5.74, 6) is -0.00579. The first-order chi connectivity index (χ1) is 12.7. The second kappa shape index (κ2) is 7.13. The van der Waals surface area contributed by atoms with Gasteiger partial charge in [0.2, 0.25) is 0 Å². The highest BCUT2D eigenvalue weighted by molar-refractivity contribution is 6.02. The van der Waals surface area contributed by atoms with Gasteiger partial charge in [0, 0.05) is 18.4 Å². The number of rotatable bonds is 5. The third kappa shape index (κ3) is 3.67. The molecule has 0 unspecified atom stereocenters. The van der Waals surface area contributed by atoms with Crippen LogP contribution in [0.1, 0.15) is 23.4 Å². The highest BCUT2D eigenvalue weighted by Gasteiger charge is 2.17. The summed E-state index contributed by atoms with van der Waals surface area (Å²) in [6, 6.07) is 9.17. The van der Waals surface area contributed by atoms with E-state index in [1.807, 2.05) is 0 Å². The standard InChI is InChI=1S/C19H18FN3O3/c20-14-5-3-13(4-6-14)17-7-8-18(26-17)19(24)22-15-10-21-23(11-15)12-16-2-1-9-25-16/h3-8,10-11,16H,1-2,9,12H2,(H,22,24)/t16-/m1/s1. The minimum Gasteiger partial charge on any atom is -0.451 e. The second-order valence-electron chi connectivity index (χ2n) is 6.21. The number of carbonyl (C=O) groups is 1. The maximum atomic E-state index is 13.0. The molecular formula is C19H18FN3O3. The van der Waals surface area contributed by atoms with E-state index in [1.165, 1.54) is 12.1 Å². The fraction of sp³-hybridized carbons (Fsp3) is 0.263. The van der Waals surface area contributed by atoms with Gasteiger partial charge in [-0.15, -0.1) is 0 Å². The second-order valence-corrected chi connectivity index (χ2v) is 6.21. The van der Waals surface area contributed by atoms with E-state index >= 15 is 0 Å². The van der Waals surface area contributed by atoms with Gasteiger partial charge in [-0.2, -0.15) is 5.10 Å². The van der Waals surface area contributed by atoms with E-state index in [-0.39, 0.29) is 23.6 Å². The highest BCUT2D eigenvalue weighted by Crippen LogP contribution is 2.23. The number of ether oxygens (including phenoxy) is 1. The Hall–Kier alpha value is -2.93. The molecule has 1 saturated heterocycles. The number of anilines is 1. The van der Waals surface area contributed by atoms with Crippen molar-refractivity contribution in [2.45, 2.75) is 25.5 Å². The van der Waals surface area contributed by atoms with E-state index in [4.69, 9.17) is 9.15 Å². The van der Waals surface area contributed by atoms with Gasteiger partial charge in [-0.1, -0.05) is 0 Å². The van der Waals surface area contributed by atoms with Crippen molar-refractivity contribution < 1.29 is 18.3 Å². The molecule has 2 aromatic heterocycles. The molecule has 0 saturated carbocycles. The average Bonchev–Trinajstić information content (AvgIpc) is 3.38. The number of halogens is 1. The topological polar surface area (TPSA) is 69.3 Å². The normalized spacial score (nSPS) is 16.7. The smallest absolute Gasteiger partial charge is 0.291 e. The molecule has 1 N–H and O–H groups in total. The molecule has 1 amide bonds. The van der Waals surface area contributed by atoms with Crippen LogP contribution >= 0.6 is 0 Å². The van der Waals surface area contributed by atoms with Crippen LogP contribution < -0.4 is 5.32 Å². The lowest BCUT2D eigenvalue weighted by Crippen LogP contribution is -2.15. The monoisotopic (exact) mass is 355 g/mol. The summed E-state index contributed by atoms with van der Waals surface area (Å²) in [4.78, 5) is 12.3. The van der Waals surface area contributed by atoms with E-state index in [1.54, 1.807) is 41.3 Å². The average molecular weight is 355 g/mol. The molecule has 6 nitrogen and oxygen atoms in total. The lowest BCUT2D eigenvalue weighted by molar-refractivity contribution is 0.0940. The van der Waals surface area contributed by atoms with Gasteiger partial charge in [0.25, 0.3) is 5.91 Å². The number of hydrogen-bond acceptors (Lipinski definition) is 4. The lowest BCUT2D eigenvalue weighted by Gasteiger charge is -2.08. The first kappa shape index (κ1) is 16.5. The summed E-state index contributed by atoms with van der Waals surface area (Å²) in [7, 11) is 0. The van der Waals surface area contributed by atoms with Gasteiger partial charge in [0.1, 0.15) is 11.6 Å². The zero-order chi connectivity index (χ0) is 17.9. The lowest BCUT2D eigenvalue weighted by atomic mass is 10.2. The van der Waals surface area contributed by atoms with Gasteiger partial charge in [-0.05, 0) is 49.2 Å². The Kier molecular flexibility index (Phi) is 4.53. The number of furan rings is 1. The minimum atomic E-state index is -0.366.